The number of aliphatic hydroxyl groups is 1. The lowest BCUT2D eigenvalue weighted by Gasteiger charge is -2.18. The van der Waals surface area contributed by atoms with Gasteiger partial charge in [-0.1, -0.05) is 0 Å². The van der Waals surface area contributed by atoms with Gasteiger partial charge >= 0.3 is 0 Å². The number of fused-ring (bicyclic) bond motifs is 1. The Morgan fingerprint density at radius 2 is 2.25 bits per heavy atom. The molecule has 0 aromatic heterocycles. The minimum atomic E-state index is -0.540. The first-order chi connectivity index (χ1) is 7.61. The van der Waals surface area contributed by atoms with E-state index in [1.165, 1.54) is 6.07 Å². The smallest absolute Gasteiger partial charge is 0.129 e. The molecule has 0 fully saturated rings. The fourth-order valence-corrected chi connectivity index (χ4v) is 2.21. The summed E-state index contributed by atoms with van der Waals surface area (Å²) in [5.74, 6) is -1.00. The normalized spacial score (nSPS) is 20.9. The van der Waals surface area contributed by atoms with Crippen LogP contribution in [0.2, 0.25) is 0 Å². The van der Waals surface area contributed by atoms with Crippen LogP contribution in [0.3, 0.4) is 0 Å². The van der Waals surface area contributed by atoms with E-state index in [9.17, 15) is 8.78 Å². The first-order valence-electron chi connectivity index (χ1n) is 5.46. The Hall–Kier alpha value is -1.00. The molecule has 0 spiro atoms. The average molecular weight is 227 g/mol. The lowest BCUT2D eigenvalue weighted by molar-refractivity contribution is 0.240. The summed E-state index contributed by atoms with van der Waals surface area (Å²) in [6.07, 6.45) is 1.37. The van der Waals surface area contributed by atoms with Gasteiger partial charge in [0.15, 0.2) is 0 Å². The van der Waals surface area contributed by atoms with Gasteiger partial charge in [-0.05, 0) is 37.0 Å². The Morgan fingerprint density at radius 3 is 2.94 bits per heavy atom. The third kappa shape index (κ3) is 2.08. The molecule has 1 aliphatic rings. The van der Waals surface area contributed by atoms with Crippen LogP contribution in [0.15, 0.2) is 12.1 Å². The number of rotatable bonds is 3. The number of aliphatic hydroxyl groups excluding tert-OH is 1. The predicted molar refractivity (Wildman–Crippen MR) is 57.1 cm³/mol. The second-order valence-corrected chi connectivity index (χ2v) is 4.30. The second kappa shape index (κ2) is 4.47. The molecule has 0 amide bonds. The van der Waals surface area contributed by atoms with Crippen molar-refractivity contribution in [2.24, 2.45) is 0 Å². The van der Waals surface area contributed by atoms with Gasteiger partial charge in [-0.15, -0.1) is 0 Å². The maximum absolute atomic E-state index is 13.4. The summed E-state index contributed by atoms with van der Waals surface area (Å²) in [5, 5.41) is 12.1. The maximum Gasteiger partial charge on any atom is 0.129 e. The van der Waals surface area contributed by atoms with Crippen LogP contribution in [-0.4, -0.2) is 17.8 Å². The first kappa shape index (κ1) is 11.5. The van der Waals surface area contributed by atoms with Crippen molar-refractivity contribution in [3.05, 3.63) is 34.9 Å². The summed E-state index contributed by atoms with van der Waals surface area (Å²) in [5.41, 5.74) is 1.29. The summed E-state index contributed by atoms with van der Waals surface area (Å²) in [7, 11) is 0. The molecule has 2 N–H and O–H groups in total. The van der Waals surface area contributed by atoms with E-state index < -0.39 is 11.6 Å². The molecule has 0 saturated heterocycles. The minimum absolute atomic E-state index is 0.0175. The summed E-state index contributed by atoms with van der Waals surface area (Å²) < 4.78 is 26.5. The molecular formula is C12H15F2NO. The molecular weight excluding hydrogens is 212 g/mol. The van der Waals surface area contributed by atoms with Crippen LogP contribution in [0, 0.1) is 11.6 Å². The highest BCUT2D eigenvalue weighted by Crippen LogP contribution is 2.33. The topological polar surface area (TPSA) is 32.3 Å². The Labute approximate surface area is 93.3 Å². The minimum Gasteiger partial charge on any atom is -0.395 e. The van der Waals surface area contributed by atoms with Crippen LogP contribution in [0.4, 0.5) is 8.78 Å². The van der Waals surface area contributed by atoms with Crippen molar-refractivity contribution >= 4 is 0 Å². The van der Waals surface area contributed by atoms with Crippen LogP contribution in [0.5, 0.6) is 0 Å². The molecule has 1 aliphatic carbocycles. The SMILES string of the molecule is CC(CO)NC1CCc2c(F)cc(F)cc21. The van der Waals surface area contributed by atoms with Crippen molar-refractivity contribution in [2.75, 3.05) is 6.61 Å². The highest BCUT2D eigenvalue weighted by Gasteiger charge is 2.26. The maximum atomic E-state index is 13.4. The van der Waals surface area contributed by atoms with Gasteiger partial charge in [0.25, 0.3) is 0 Å². The number of benzene rings is 1. The van der Waals surface area contributed by atoms with E-state index in [2.05, 4.69) is 5.32 Å². The van der Waals surface area contributed by atoms with Crippen molar-refractivity contribution in [3.8, 4) is 0 Å². The predicted octanol–water partition coefficient (Wildman–Crippen LogP) is 1.92. The number of hydrogen-bond donors (Lipinski definition) is 2. The molecule has 2 unspecified atom stereocenters. The van der Waals surface area contributed by atoms with E-state index in [1.807, 2.05) is 6.92 Å². The number of hydrogen-bond acceptors (Lipinski definition) is 2. The molecule has 2 atom stereocenters. The average Bonchev–Trinajstić information content (AvgIpc) is 2.61. The van der Waals surface area contributed by atoms with Crippen LogP contribution in [0.25, 0.3) is 0 Å². The van der Waals surface area contributed by atoms with Gasteiger partial charge in [0, 0.05) is 18.2 Å². The molecule has 2 rings (SSSR count). The lowest BCUT2D eigenvalue weighted by Crippen LogP contribution is -2.32. The van der Waals surface area contributed by atoms with Gasteiger partial charge in [0.2, 0.25) is 0 Å². The lowest BCUT2D eigenvalue weighted by atomic mass is 10.1. The van der Waals surface area contributed by atoms with Crippen LogP contribution in [-0.2, 0) is 6.42 Å². The fourth-order valence-electron chi connectivity index (χ4n) is 2.21. The highest BCUT2D eigenvalue weighted by molar-refractivity contribution is 5.36. The third-order valence-corrected chi connectivity index (χ3v) is 3.01. The molecule has 0 aliphatic heterocycles. The molecule has 1 aromatic rings. The summed E-state index contributed by atoms with van der Waals surface area (Å²) >= 11 is 0. The number of nitrogens with one attached hydrogen (secondary N) is 1. The zero-order valence-corrected chi connectivity index (χ0v) is 9.13. The van der Waals surface area contributed by atoms with Gasteiger partial charge in [-0.2, -0.15) is 0 Å². The zero-order valence-electron chi connectivity index (χ0n) is 9.13. The summed E-state index contributed by atoms with van der Waals surface area (Å²) in [6.45, 7) is 1.86. The van der Waals surface area contributed by atoms with E-state index in [-0.39, 0.29) is 18.7 Å². The quantitative estimate of drug-likeness (QED) is 0.827. The summed E-state index contributed by atoms with van der Waals surface area (Å²) in [6, 6.07) is 2.19. The number of halogens is 2. The molecule has 0 saturated carbocycles. The van der Waals surface area contributed by atoms with Crippen LogP contribution >= 0.6 is 0 Å². The molecule has 2 nitrogen and oxygen atoms in total. The Bertz CT molecular complexity index is 395. The van der Waals surface area contributed by atoms with Crippen molar-refractivity contribution in [3.63, 3.8) is 0 Å². The van der Waals surface area contributed by atoms with Gasteiger partial charge < -0.3 is 10.4 Å². The van der Waals surface area contributed by atoms with Crippen molar-refractivity contribution in [2.45, 2.75) is 31.8 Å². The van der Waals surface area contributed by atoms with Crippen molar-refractivity contribution < 1.29 is 13.9 Å². The van der Waals surface area contributed by atoms with E-state index in [1.54, 1.807) is 0 Å². The molecule has 0 radical (unpaired) electrons. The van der Waals surface area contributed by atoms with Gasteiger partial charge in [0.05, 0.1) is 6.61 Å². The Balaban J connectivity index is 2.25. The Morgan fingerprint density at radius 1 is 1.50 bits per heavy atom. The monoisotopic (exact) mass is 227 g/mol. The van der Waals surface area contributed by atoms with Crippen LogP contribution < -0.4 is 5.32 Å². The van der Waals surface area contributed by atoms with Crippen molar-refractivity contribution in [1.29, 1.82) is 0 Å². The largest absolute Gasteiger partial charge is 0.395 e. The van der Waals surface area contributed by atoms with E-state index in [0.717, 1.165) is 12.5 Å². The second-order valence-electron chi connectivity index (χ2n) is 4.30. The standard InChI is InChI=1S/C12H15F2NO/c1-7(6-16)15-12-3-2-9-10(12)4-8(13)5-11(9)14/h4-5,7,12,15-16H,2-3,6H2,1H3. The molecule has 0 heterocycles. The summed E-state index contributed by atoms with van der Waals surface area (Å²) in [4.78, 5) is 0. The van der Waals surface area contributed by atoms with Gasteiger partial charge in [-0.3, -0.25) is 0 Å². The van der Waals surface area contributed by atoms with Crippen molar-refractivity contribution in [1.82, 2.24) is 5.32 Å². The Kier molecular flexibility index (Phi) is 3.21. The van der Waals surface area contributed by atoms with E-state index in [4.69, 9.17) is 5.11 Å². The third-order valence-electron chi connectivity index (χ3n) is 3.01. The molecule has 0 bridgehead atoms. The molecule has 16 heavy (non-hydrogen) atoms. The fraction of sp³-hybridized carbons (Fsp3) is 0.500. The highest BCUT2D eigenvalue weighted by atomic mass is 19.1. The molecule has 1 aromatic carbocycles. The van der Waals surface area contributed by atoms with Crippen LogP contribution in [0.1, 0.15) is 30.5 Å². The van der Waals surface area contributed by atoms with E-state index >= 15 is 0 Å². The zero-order chi connectivity index (χ0) is 11.7. The molecule has 88 valence electrons. The van der Waals surface area contributed by atoms with E-state index in [0.29, 0.717) is 17.5 Å². The molecule has 4 heteroatoms. The van der Waals surface area contributed by atoms with Gasteiger partial charge in [0.1, 0.15) is 11.6 Å². The first-order valence-corrected chi connectivity index (χ1v) is 5.46. The van der Waals surface area contributed by atoms with Gasteiger partial charge in [-0.25, -0.2) is 8.78 Å².